The molecule has 1 aliphatic carbocycles. The normalized spacial score (nSPS) is 37.8. The fourth-order valence-corrected chi connectivity index (χ4v) is 1.55. The molecule has 3 unspecified atom stereocenters. The highest BCUT2D eigenvalue weighted by Crippen LogP contribution is 2.30. The standard InChI is InChI=1S/C7H15BO3/c1-10-4-11-7-3-5(8)2-6(7)9/h5-7,9H,2-4,8H2,1H3. The van der Waals surface area contributed by atoms with Crippen LogP contribution >= 0.6 is 0 Å². The lowest BCUT2D eigenvalue weighted by molar-refractivity contribution is -0.101. The van der Waals surface area contributed by atoms with Gasteiger partial charge in [-0.05, 0) is 12.8 Å². The number of rotatable bonds is 3. The second-order valence-electron chi connectivity index (χ2n) is 3.26. The minimum atomic E-state index is -0.292. The molecule has 0 aromatic rings. The molecule has 1 rings (SSSR count). The van der Waals surface area contributed by atoms with Gasteiger partial charge in [0, 0.05) is 7.11 Å². The molecule has 11 heavy (non-hydrogen) atoms. The van der Waals surface area contributed by atoms with Gasteiger partial charge in [-0.1, -0.05) is 5.82 Å². The molecular weight excluding hydrogens is 143 g/mol. The summed E-state index contributed by atoms with van der Waals surface area (Å²) in [7, 11) is 3.71. The maximum absolute atomic E-state index is 9.41. The van der Waals surface area contributed by atoms with E-state index in [4.69, 9.17) is 9.47 Å². The van der Waals surface area contributed by atoms with Crippen LogP contribution in [0.25, 0.3) is 0 Å². The van der Waals surface area contributed by atoms with E-state index in [2.05, 4.69) is 7.85 Å². The van der Waals surface area contributed by atoms with Crippen LogP contribution in [0.3, 0.4) is 0 Å². The van der Waals surface area contributed by atoms with Gasteiger partial charge in [0.05, 0.1) is 12.2 Å². The molecule has 4 heteroatoms. The van der Waals surface area contributed by atoms with Crippen LogP contribution in [-0.2, 0) is 9.47 Å². The van der Waals surface area contributed by atoms with Crippen molar-refractivity contribution in [2.75, 3.05) is 13.9 Å². The van der Waals surface area contributed by atoms with Crippen molar-refractivity contribution in [2.24, 2.45) is 0 Å². The van der Waals surface area contributed by atoms with Crippen LogP contribution in [0.1, 0.15) is 12.8 Å². The van der Waals surface area contributed by atoms with E-state index in [9.17, 15) is 5.11 Å². The summed E-state index contributed by atoms with van der Waals surface area (Å²) in [6.07, 6.45) is 1.50. The third-order valence-electron chi connectivity index (χ3n) is 2.11. The first-order valence-corrected chi connectivity index (χ1v) is 4.02. The van der Waals surface area contributed by atoms with Crippen LogP contribution in [0, 0.1) is 0 Å². The van der Waals surface area contributed by atoms with Gasteiger partial charge in [-0.3, -0.25) is 0 Å². The van der Waals surface area contributed by atoms with Crippen molar-refractivity contribution in [1.82, 2.24) is 0 Å². The summed E-state index contributed by atoms with van der Waals surface area (Å²) in [6, 6.07) is 0. The molecule has 0 aromatic carbocycles. The van der Waals surface area contributed by atoms with E-state index in [0.717, 1.165) is 12.8 Å². The van der Waals surface area contributed by atoms with E-state index in [1.165, 1.54) is 0 Å². The summed E-state index contributed by atoms with van der Waals surface area (Å²) >= 11 is 0. The Hall–Kier alpha value is -0.0551. The second-order valence-corrected chi connectivity index (χ2v) is 3.26. The smallest absolute Gasteiger partial charge is 0.146 e. The van der Waals surface area contributed by atoms with Crippen LogP contribution in [0.2, 0.25) is 5.82 Å². The largest absolute Gasteiger partial charge is 0.390 e. The number of aliphatic hydroxyl groups excluding tert-OH is 1. The Kier molecular flexibility index (Phi) is 3.36. The molecule has 1 aliphatic rings. The van der Waals surface area contributed by atoms with Crippen LogP contribution in [0.15, 0.2) is 0 Å². The highest BCUT2D eigenvalue weighted by atomic mass is 16.7. The topological polar surface area (TPSA) is 38.7 Å². The lowest BCUT2D eigenvalue weighted by atomic mass is 9.86. The van der Waals surface area contributed by atoms with Gasteiger partial charge in [-0.2, -0.15) is 0 Å². The van der Waals surface area contributed by atoms with Crippen LogP contribution < -0.4 is 0 Å². The Morgan fingerprint density at radius 2 is 2.27 bits per heavy atom. The van der Waals surface area contributed by atoms with Crippen LogP contribution in [-0.4, -0.2) is 39.1 Å². The van der Waals surface area contributed by atoms with E-state index in [1.54, 1.807) is 7.11 Å². The van der Waals surface area contributed by atoms with Gasteiger partial charge in [-0.15, -0.1) is 0 Å². The van der Waals surface area contributed by atoms with Crippen molar-refractivity contribution in [3.8, 4) is 0 Å². The zero-order chi connectivity index (χ0) is 8.27. The fourth-order valence-electron chi connectivity index (χ4n) is 1.55. The highest BCUT2D eigenvalue weighted by molar-refractivity contribution is 6.11. The molecule has 0 aromatic heterocycles. The molecule has 64 valence electrons. The average Bonchev–Trinajstić information content (AvgIpc) is 2.26. The zero-order valence-corrected chi connectivity index (χ0v) is 7.12. The molecule has 0 aliphatic heterocycles. The summed E-state index contributed by atoms with van der Waals surface area (Å²) in [5, 5.41) is 9.41. The maximum atomic E-state index is 9.41. The van der Waals surface area contributed by atoms with E-state index >= 15 is 0 Å². The Bertz CT molecular complexity index is 120. The summed E-state index contributed by atoms with van der Waals surface area (Å²) in [5.41, 5.74) is 0. The van der Waals surface area contributed by atoms with Crippen molar-refractivity contribution >= 4 is 7.85 Å². The van der Waals surface area contributed by atoms with Crippen molar-refractivity contribution in [3.05, 3.63) is 0 Å². The van der Waals surface area contributed by atoms with Gasteiger partial charge in [0.15, 0.2) is 0 Å². The molecule has 0 radical (unpaired) electrons. The predicted molar refractivity (Wildman–Crippen MR) is 44.3 cm³/mol. The van der Waals surface area contributed by atoms with E-state index in [1.807, 2.05) is 0 Å². The zero-order valence-electron chi connectivity index (χ0n) is 7.12. The van der Waals surface area contributed by atoms with Crippen LogP contribution in [0.4, 0.5) is 0 Å². The van der Waals surface area contributed by atoms with E-state index < -0.39 is 0 Å². The highest BCUT2D eigenvalue weighted by Gasteiger charge is 2.30. The van der Waals surface area contributed by atoms with E-state index in [0.29, 0.717) is 5.82 Å². The maximum Gasteiger partial charge on any atom is 0.146 e. The first-order valence-electron chi connectivity index (χ1n) is 4.02. The predicted octanol–water partition coefficient (Wildman–Crippen LogP) is -0.448. The summed E-state index contributed by atoms with van der Waals surface area (Å²) in [6.45, 7) is 0.286. The Morgan fingerprint density at radius 3 is 2.73 bits per heavy atom. The number of hydrogen-bond donors (Lipinski definition) is 1. The summed E-state index contributed by atoms with van der Waals surface area (Å²) in [4.78, 5) is 0. The van der Waals surface area contributed by atoms with Crippen molar-refractivity contribution in [3.63, 3.8) is 0 Å². The van der Waals surface area contributed by atoms with Gasteiger partial charge in [0.1, 0.15) is 14.6 Å². The molecule has 0 bridgehead atoms. The third kappa shape index (κ3) is 2.47. The first-order chi connectivity index (χ1) is 5.24. The molecule has 0 saturated heterocycles. The Labute approximate surface area is 68.1 Å². The molecule has 3 atom stereocenters. The monoisotopic (exact) mass is 158 g/mol. The number of aliphatic hydroxyl groups is 1. The summed E-state index contributed by atoms with van der Waals surface area (Å²) in [5.74, 6) is 0.576. The Balaban J connectivity index is 2.23. The number of methoxy groups -OCH3 is 1. The quantitative estimate of drug-likeness (QED) is 0.446. The molecule has 3 nitrogen and oxygen atoms in total. The molecule has 0 spiro atoms. The molecule has 0 heterocycles. The van der Waals surface area contributed by atoms with Gasteiger partial charge < -0.3 is 14.6 Å². The van der Waals surface area contributed by atoms with Gasteiger partial charge >= 0.3 is 0 Å². The Morgan fingerprint density at radius 1 is 1.55 bits per heavy atom. The second kappa shape index (κ2) is 4.09. The molecular formula is C7H15BO3. The van der Waals surface area contributed by atoms with Crippen LogP contribution in [0.5, 0.6) is 0 Å². The molecule has 1 saturated carbocycles. The average molecular weight is 158 g/mol. The minimum Gasteiger partial charge on any atom is -0.390 e. The number of ether oxygens (including phenoxy) is 2. The van der Waals surface area contributed by atoms with Crippen molar-refractivity contribution in [2.45, 2.75) is 30.9 Å². The number of hydrogen-bond acceptors (Lipinski definition) is 3. The minimum absolute atomic E-state index is 0.00931. The lowest BCUT2D eigenvalue weighted by Crippen LogP contribution is -2.23. The molecule has 1 N–H and O–H groups in total. The van der Waals surface area contributed by atoms with E-state index in [-0.39, 0.29) is 19.0 Å². The van der Waals surface area contributed by atoms with Gasteiger partial charge in [-0.25, -0.2) is 0 Å². The summed E-state index contributed by atoms with van der Waals surface area (Å²) < 4.78 is 10.0. The first kappa shape index (κ1) is 9.04. The van der Waals surface area contributed by atoms with Gasteiger partial charge in [0.2, 0.25) is 0 Å². The van der Waals surface area contributed by atoms with Gasteiger partial charge in [0.25, 0.3) is 0 Å². The van der Waals surface area contributed by atoms with Crippen molar-refractivity contribution < 1.29 is 14.6 Å². The third-order valence-corrected chi connectivity index (χ3v) is 2.11. The molecule has 0 amide bonds. The SMILES string of the molecule is BC1CC(O)C(OCOC)C1. The lowest BCUT2D eigenvalue weighted by Gasteiger charge is -2.14. The fraction of sp³-hybridized carbons (Fsp3) is 1.00. The van der Waals surface area contributed by atoms with Crippen molar-refractivity contribution in [1.29, 1.82) is 0 Å². The molecule has 1 fully saturated rings.